The van der Waals surface area contributed by atoms with Crippen LogP contribution in [-0.4, -0.2) is 29.9 Å². The lowest BCUT2D eigenvalue weighted by Crippen LogP contribution is -2.35. The van der Waals surface area contributed by atoms with E-state index in [4.69, 9.17) is 5.73 Å². The summed E-state index contributed by atoms with van der Waals surface area (Å²) in [4.78, 5) is 13.4. The molecular formula is C11H24N2O. The minimum Gasteiger partial charge on any atom is -0.346 e. The van der Waals surface area contributed by atoms with E-state index in [1.165, 1.54) is 0 Å². The zero-order valence-corrected chi connectivity index (χ0v) is 9.97. The monoisotopic (exact) mass is 200 g/mol. The Morgan fingerprint density at radius 3 is 2.43 bits per heavy atom. The Labute approximate surface area is 87.6 Å². The molecular weight excluding hydrogens is 176 g/mol. The number of nitrogens with two attached hydrogens (primary N) is 1. The van der Waals surface area contributed by atoms with E-state index in [0.29, 0.717) is 6.42 Å². The van der Waals surface area contributed by atoms with Crippen LogP contribution < -0.4 is 5.73 Å². The van der Waals surface area contributed by atoms with Gasteiger partial charge in [0.15, 0.2) is 0 Å². The minimum absolute atomic E-state index is 0.206. The molecule has 14 heavy (non-hydrogen) atoms. The highest BCUT2D eigenvalue weighted by atomic mass is 16.2. The van der Waals surface area contributed by atoms with Gasteiger partial charge in [0.25, 0.3) is 0 Å². The number of carbonyl (C=O) groups excluding carboxylic acids is 1. The van der Waals surface area contributed by atoms with Gasteiger partial charge in [-0.1, -0.05) is 13.3 Å². The van der Waals surface area contributed by atoms with Gasteiger partial charge >= 0.3 is 0 Å². The molecule has 0 aromatic carbocycles. The summed E-state index contributed by atoms with van der Waals surface area (Å²) in [6.45, 7) is 6.89. The molecule has 0 aliphatic rings. The zero-order valence-electron chi connectivity index (χ0n) is 9.97. The average molecular weight is 200 g/mol. The highest BCUT2D eigenvalue weighted by molar-refractivity contribution is 5.75. The van der Waals surface area contributed by atoms with E-state index in [9.17, 15) is 4.79 Å². The zero-order chi connectivity index (χ0) is 11.2. The summed E-state index contributed by atoms with van der Waals surface area (Å²) >= 11 is 0. The van der Waals surface area contributed by atoms with Crippen LogP contribution >= 0.6 is 0 Å². The molecule has 0 aliphatic carbocycles. The highest BCUT2D eigenvalue weighted by Gasteiger charge is 2.15. The van der Waals surface area contributed by atoms with E-state index in [2.05, 4.69) is 6.92 Å². The van der Waals surface area contributed by atoms with Crippen molar-refractivity contribution in [2.24, 2.45) is 5.73 Å². The van der Waals surface area contributed by atoms with Gasteiger partial charge in [0.2, 0.25) is 5.91 Å². The number of amides is 1. The van der Waals surface area contributed by atoms with Crippen LogP contribution in [0.3, 0.4) is 0 Å². The first-order valence-corrected chi connectivity index (χ1v) is 5.39. The SMILES string of the molecule is CCCCN(C)C(=O)CCC(C)(C)N. The standard InChI is InChI=1S/C11H24N2O/c1-5-6-9-13(4)10(14)7-8-11(2,3)12/h5-9,12H2,1-4H3. The van der Waals surface area contributed by atoms with Gasteiger partial charge in [-0.3, -0.25) is 4.79 Å². The van der Waals surface area contributed by atoms with Gasteiger partial charge in [0.05, 0.1) is 0 Å². The van der Waals surface area contributed by atoms with Crippen LogP contribution in [0.15, 0.2) is 0 Å². The van der Waals surface area contributed by atoms with Crippen LogP contribution in [0.25, 0.3) is 0 Å². The fraction of sp³-hybridized carbons (Fsp3) is 0.909. The van der Waals surface area contributed by atoms with E-state index in [0.717, 1.165) is 25.8 Å². The van der Waals surface area contributed by atoms with Gasteiger partial charge in [0, 0.05) is 25.6 Å². The van der Waals surface area contributed by atoms with Crippen molar-refractivity contribution in [1.82, 2.24) is 4.90 Å². The third-order valence-corrected chi connectivity index (χ3v) is 2.26. The Bertz CT molecular complexity index is 173. The minimum atomic E-state index is -0.235. The van der Waals surface area contributed by atoms with Crippen molar-refractivity contribution in [3.63, 3.8) is 0 Å². The summed E-state index contributed by atoms with van der Waals surface area (Å²) in [5, 5.41) is 0. The molecule has 0 saturated heterocycles. The van der Waals surface area contributed by atoms with Gasteiger partial charge < -0.3 is 10.6 Å². The Morgan fingerprint density at radius 1 is 1.43 bits per heavy atom. The van der Waals surface area contributed by atoms with Crippen molar-refractivity contribution in [2.75, 3.05) is 13.6 Å². The number of unbranched alkanes of at least 4 members (excludes halogenated alkanes) is 1. The Balaban J connectivity index is 3.73. The smallest absolute Gasteiger partial charge is 0.222 e. The summed E-state index contributed by atoms with van der Waals surface area (Å²) in [7, 11) is 1.86. The molecule has 2 N–H and O–H groups in total. The molecule has 0 aromatic rings. The van der Waals surface area contributed by atoms with E-state index < -0.39 is 0 Å². The van der Waals surface area contributed by atoms with Crippen molar-refractivity contribution >= 4 is 5.91 Å². The topological polar surface area (TPSA) is 46.3 Å². The maximum atomic E-state index is 11.6. The fourth-order valence-corrected chi connectivity index (χ4v) is 1.14. The lowest BCUT2D eigenvalue weighted by Gasteiger charge is -2.21. The van der Waals surface area contributed by atoms with Crippen LogP contribution in [-0.2, 0) is 4.79 Å². The number of hydrogen-bond donors (Lipinski definition) is 1. The normalized spacial score (nSPS) is 11.5. The molecule has 0 fully saturated rings. The van der Waals surface area contributed by atoms with Crippen LogP contribution in [0.4, 0.5) is 0 Å². The quantitative estimate of drug-likeness (QED) is 0.710. The van der Waals surface area contributed by atoms with E-state index in [-0.39, 0.29) is 11.4 Å². The van der Waals surface area contributed by atoms with E-state index >= 15 is 0 Å². The molecule has 0 atom stereocenters. The average Bonchev–Trinajstić information content (AvgIpc) is 2.09. The van der Waals surface area contributed by atoms with Crippen LogP contribution in [0.2, 0.25) is 0 Å². The molecule has 0 aromatic heterocycles. The number of nitrogens with zero attached hydrogens (tertiary/aromatic N) is 1. The van der Waals surface area contributed by atoms with Crippen molar-refractivity contribution < 1.29 is 4.79 Å². The lowest BCUT2D eigenvalue weighted by atomic mass is 10.00. The molecule has 3 nitrogen and oxygen atoms in total. The predicted molar refractivity (Wildman–Crippen MR) is 60.0 cm³/mol. The van der Waals surface area contributed by atoms with Gasteiger partial charge in [-0.25, -0.2) is 0 Å². The second-order valence-electron chi connectivity index (χ2n) is 4.66. The third-order valence-electron chi connectivity index (χ3n) is 2.26. The van der Waals surface area contributed by atoms with E-state index in [1.54, 1.807) is 4.90 Å². The molecule has 3 heteroatoms. The molecule has 0 saturated carbocycles. The van der Waals surface area contributed by atoms with Crippen molar-refractivity contribution in [3.05, 3.63) is 0 Å². The van der Waals surface area contributed by atoms with Crippen LogP contribution in [0.5, 0.6) is 0 Å². The van der Waals surface area contributed by atoms with E-state index in [1.807, 2.05) is 20.9 Å². The summed E-state index contributed by atoms with van der Waals surface area (Å²) < 4.78 is 0. The summed E-state index contributed by atoms with van der Waals surface area (Å²) in [6, 6.07) is 0. The van der Waals surface area contributed by atoms with Gasteiger partial charge in [0.1, 0.15) is 0 Å². The molecule has 0 rings (SSSR count). The summed E-state index contributed by atoms with van der Waals surface area (Å²) in [6.07, 6.45) is 3.51. The summed E-state index contributed by atoms with van der Waals surface area (Å²) in [5.74, 6) is 0.206. The van der Waals surface area contributed by atoms with Crippen LogP contribution in [0.1, 0.15) is 46.5 Å². The molecule has 0 unspecified atom stereocenters. The fourth-order valence-electron chi connectivity index (χ4n) is 1.14. The highest BCUT2D eigenvalue weighted by Crippen LogP contribution is 2.08. The molecule has 0 radical (unpaired) electrons. The molecule has 0 bridgehead atoms. The molecule has 0 heterocycles. The Hall–Kier alpha value is -0.570. The first-order valence-electron chi connectivity index (χ1n) is 5.39. The number of carbonyl (C=O) groups is 1. The Morgan fingerprint density at radius 2 is 2.00 bits per heavy atom. The molecule has 0 spiro atoms. The third kappa shape index (κ3) is 6.89. The van der Waals surface area contributed by atoms with Gasteiger partial charge in [-0.15, -0.1) is 0 Å². The molecule has 0 aliphatic heterocycles. The Kier molecular flexibility index (Phi) is 5.77. The van der Waals surface area contributed by atoms with Gasteiger partial charge in [-0.05, 0) is 26.7 Å². The van der Waals surface area contributed by atoms with Crippen molar-refractivity contribution in [2.45, 2.75) is 52.0 Å². The first-order chi connectivity index (χ1) is 6.37. The number of hydrogen-bond acceptors (Lipinski definition) is 2. The lowest BCUT2D eigenvalue weighted by molar-refractivity contribution is -0.130. The maximum Gasteiger partial charge on any atom is 0.222 e. The predicted octanol–water partition coefficient (Wildman–Crippen LogP) is 1.76. The number of rotatable bonds is 6. The first kappa shape index (κ1) is 13.4. The van der Waals surface area contributed by atoms with Gasteiger partial charge in [-0.2, -0.15) is 0 Å². The van der Waals surface area contributed by atoms with Crippen molar-refractivity contribution in [1.29, 1.82) is 0 Å². The second kappa shape index (κ2) is 6.02. The summed E-state index contributed by atoms with van der Waals surface area (Å²) in [5.41, 5.74) is 5.58. The van der Waals surface area contributed by atoms with Crippen molar-refractivity contribution in [3.8, 4) is 0 Å². The maximum absolute atomic E-state index is 11.6. The molecule has 84 valence electrons. The molecule has 1 amide bonds. The second-order valence-corrected chi connectivity index (χ2v) is 4.66. The van der Waals surface area contributed by atoms with Crippen LogP contribution in [0, 0.1) is 0 Å². The largest absolute Gasteiger partial charge is 0.346 e.